The molecule has 0 spiro atoms. The maximum absolute atomic E-state index is 12.1. The number of nitrogens with zero attached hydrogens (tertiary/aromatic N) is 1. The molecule has 15 heavy (non-hydrogen) atoms. The van der Waals surface area contributed by atoms with Crippen LogP contribution in [0.25, 0.3) is 0 Å². The van der Waals surface area contributed by atoms with Crippen LogP contribution >= 0.6 is 33.9 Å². The molecule has 1 aromatic rings. The molecule has 0 bridgehead atoms. The fourth-order valence-corrected chi connectivity index (χ4v) is 3.38. The van der Waals surface area contributed by atoms with Gasteiger partial charge in [0.2, 0.25) is 0 Å². The number of thiophene rings is 1. The number of hydrogen-bond donors (Lipinski definition) is 0. The van der Waals surface area contributed by atoms with E-state index in [0.717, 1.165) is 8.45 Å². The highest BCUT2D eigenvalue weighted by Crippen LogP contribution is 2.21. The quantitative estimate of drug-likeness (QED) is 0.736. The summed E-state index contributed by atoms with van der Waals surface area (Å²) in [6, 6.07) is 1.97. The fourth-order valence-electron chi connectivity index (χ4n) is 1.59. The summed E-state index contributed by atoms with van der Waals surface area (Å²) < 4.78 is 6.46. The lowest BCUT2D eigenvalue weighted by Crippen LogP contribution is -2.44. The molecule has 0 saturated carbocycles. The normalized spacial score (nSPS) is 21.7. The molecular formula is C10H12INO2S. The van der Waals surface area contributed by atoms with Crippen LogP contribution in [0.2, 0.25) is 0 Å². The molecule has 0 N–H and O–H groups in total. The third-order valence-corrected chi connectivity index (χ3v) is 4.51. The van der Waals surface area contributed by atoms with Crippen molar-refractivity contribution in [3.8, 4) is 0 Å². The zero-order valence-electron chi connectivity index (χ0n) is 8.40. The summed E-state index contributed by atoms with van der Waals surface area (Å²) in [4.78, 5) is 14.8. The molecule has 2 heterocycles. The maximum atomic E-state index is 12.1. The third kappa shape index (κ3) is 2.51. The Morgan fingerprint density at radius 2 is 2.53 bits per heavy atom. The van der Waals surface area contributed by atoms with Gasteiger partial charge in [-0.2, -0.15) is 0 Å². The summed E-state index contributed by atoms with van der Waals surface area (Å²) in [5, 5.41) is 1.96. The number of amides is 1. The smallest absolute Gasteiger partial charge is 0.265 e. The van der Waals surface area contributed by atoms with Crippen molar-refractivity contribution in [3.63, 3.8) is 0 Å². The van der Waals surface area contributed by atoms with Gasteiger partial charge in [-0.3, -0.25) is 4.79 Å². The molecule has 1 amide bonds. The number of halogens is 1. The molecule has 3 nitrogen and oxygen atoms in total. The summed E-state index contributed by atoms with van der Waals surface area (Å²) in [5.41, 5.74) is 0. The Labute approximate surface area is 107 Å². The van der Waals surface area contributed by atoms with Crippen LogP contribution in [0.3, 0.4) is 0 Å². The second-order valence-corrected chi connectivity index (χ2v) is 5.61. The summed E-state index contributed by atoms with van der Waals surface area (Å²) in [5.74, 6) is 0.143. The molecule has 1 unspecified atom stereocenters. The van der Waals surface area contributed by atoms with Crippen LogP contribution in [0, 0.1) is 3.57 Å². The largest absolute Gasteiger partial charge is 0.375 e. The van der Waals surface area contributed by atoms with Gasteiger partial charge in [-0.15, -0.1) is 11.3 Å². The Hall–Kier alpha value is -0.140. The van der Waals surface area contributed by atoms with Gasteiger partial charge in [0.25, 0.3) is 5.91 Å². The average Bonchev–Trinajstić information content (AvgIpc) is 2.63. The van der Waals surface area contributed by atoms with Crippen molar-refractivity contribution < 1.29 is 9.53 Å². The molecule has 2 rings (SSSR count). The zero-order chi connectivity index (χ0) is 10.8. The van der Waals surface area contributed by atoms with E-state index in [9.17, 15) is 4.79 Å². The number of rotatable bonds is 1. The second-order valence-electron chi connectivity index (χ2n) is 3.53. The number of hydrogen-bond acceptors (Lipinski definition) is 3. The predicted molar refractivity (Wildman–Crippen MR) is 68.4 cm³/mol. The molecule has 1 aromatic heterocycles. The summed E-state index contributed by atoms with van der Waals surface area (Å²) in [6.07, 6.45) is 0.153. The first kappa shape index (κ1) is 11.3. The predicted octanol–water partition coefficient (Wildman–Crippen LogP) is 2.21. The molecular weight excluding hydrogens is 325 g/mol. The minimum atomic E-state index is 0.143. The lowest BCUT2D eigenvalue weighted by molar-refractivity contribution is -0.0122. The molecule has 1 saturated heterocycles. The first-order valence-electron chi connectivity index (χ1n) is 4.82. The van der Waals surface area contributed by atoms with Crippen LogP contribution in [0.5, 0.6) is 0 Å². The monoisotopic (exact) mass is 337 g/mol. The first-order chi connectivity index (χ1) is 7.18. The molecule has 5 heteroatoms. The Morgan fingerprint density at radius 3 is 3.13 bits per heavy atom. The van der Waals surface area contributed by atoms with E-state index in [0.29, 0.717) is 19.7 Å². The van der Waals surface area contributed by atoms with Gasteiger partial charge in [0.1, 0.15) is 4.88 Å². The van der Waals surface area contributed by atoms with Crippen molar-refractivity contribution in [2.24, 2.45) is 0 Å². The van der Waals surface area contributed by atoms with E-state index in [2.05, 4.69) is 22.6 Å². The lowest BCUT2D eigenvalue weighted by atomic mass is 10.3. The molecule has 82 valence electrons. The van der Waals surface area contributed by atoms with E-state index in [1.54, 1.807) is 0 Å². The molecule has 1 aliphatic heterocycles. The summed E-state index contributed by atoms with van der Waals surface area (Å²) in [7, 11) is 0. The van der Waals surface area contributed by atoms with Gasteiger partial charge in [0, 0.05) is 16.7 Å². The minimum Gasteiger partial charge on any atom is -0.375 e. The molecule has 0 radical (unpaired) electrons. The van der Waals surface area contributed by atoms with Crippen molar-refractivity contribution in [2.75, 3.05) is 19.7 Å². The SMILES string of the molecule is CC1CN(C(=O)c2sccc2I)CCO1. The van der Waals surface area contributed by atoms with E-state index < -0.39 is 0 Å². The van der Waals surface area contributed by atoms with Gasteiger partial charge in [-0.1, -0.05) is 0 Å². The minimum absolute atomic E-state index is 0.143. The third-order valence-electron chi connectivity index (χ3n) is 2.34. The van der Waals surface area contributed by atoms with Crippen molar-refractivity contribution >= 4 is 39.8 Å². The van der Waals surface area contributed by atoms with Gasteiger partial charge in [-0.25, -0.2) is 0 Å². The standard InChI is InChI=1S/C10H12INO2S/c1-7-6-12(3-4-14-7)10(13)9-8(11)2-5-15-9/h2,5,7H,3-4,6H2,1H3. The molecule has 1 aliphatic rings. The van der Waals surface area contributed by atoms with E-state index in [1.807, 2.05) is 23.3 Å². The average molecular weight is 337 g/mol. The highest BCUT2D eigenvalue weighted by Gasteiger charge is 2.24. The van der Waals surface area contributed by atoms with Crippen LogP contribution in [0.1, 0.15) is 16.6 Å². The number of carbonyl (C=O) groups excluding carboxylic acids is 1. The molecule has 0 aliphatic carbocycles. The Balaban J connectivity index is 2.11. The van der Waals surface area contributed by atoms with Crippen molar-refractivity contribution in [1.29, 1.82) is 0 Å². The Kier molecular flexibility index (Phi) is 3.63. The van der Waals surface area contributed by atoms with Crippen LogP contribution in [0.15, 0.2) is 11.4 Å². The van der Waals surface area contributed by atoms with Gasteiger partial charge in [0.15, 0.2) is 0 Å². The van der Waals surface area contributed by atoms with Crippen molar-refractivity contribution in [3.05, 3.63) is 19.9 Å². The van der Waals surface area contributed by atoms with E-state index in [4.69, 9.17) is 4.74 Å². The topological polar surface area (TPSA) is 29.5 Å². The Bertz CT molecular complexity index is 366. The number of morpholine rings is 1. The van der Waals surface area contributed by atoms with E-state index in [-0.39, 0.29) is 12.0 Å². The van der Waals surface area contributed by atoms with Gasteiger partial charge in [0.05, 0.1) is 12.7 Å². The number of carbonyl (C=O) groups is 1. The van der Waals surface area contributed by atoms with Crippen molar-refractivity contribution in [2.45, 2.75) is 13.0 Å². The highest BCUT2D eigenvalue weighted by atomic mass is 127. The fraction of sp³-hybridized carbons (Fsp3) is 0.500. The summed E-state index contributed by atoms with van der Waals surface area (Å²) in [6.45, 7) is 4.05. The second kappa shape index (κ2) is 4.80. The van der Waals surface area contributed by atoms with Gasteiger partial charge in [-0.05, 0) is 41.0 Å². The first-order valence-corrected chi connectivity index (χ1v) is 6.78. The Morgan fingerprint density at radius 1 is 1.73 bits per heavy atom. The molecule has 0 aromatic carbocycles. The van der Waals surface area contributed by atoms with E-state index in [1.165, 1.54) is 11.3 Å². The van der Waals surface area contributed by atoms with Crippen LogP contribution < -0.4 is 0 Å². The van der Waals surface area contributed by atoms with Crippen LogP contribution in [-0.4, -0.2) is 36.6 Å². The summed E-state index contributed by atoms with van der Waals surface area (Å²) >= 11 is 3.72. The van der Waals surface area contributed by atoms with Gasteiger partial charge < -0.3 is 9.64 Å². The van der Waals surface area contributed by atoms with E-state index >= 15 is 0 Å². The maximum Gasteiger partial charge on any atom is 0.265 e. The zero-order valence-corrected chi connectivity index (χ0v) is 11.4. The number of ether oxygens (including phenoxy) is 1. The van der Waals surface area contributed by atoms with Crippen molar-refractivity contribution in [1.82, 2.24) is 4.90 Å². The van der Waals surface area contributed by atoms with Crippen LogP contribution in [-0.2, 0) is 4.74 Å². The molecule has 1 fully saturated rings. The molecule has 1 atom stereocenters. The van der Waals surface area contributed by atoms with Crippen LogP contribution in [0.4, 0.5) is 0 Å². The lowest BCUT2D eigenvalue weighted by Gasteiger charge is -2.30. The van der Waals surface area contributed by atoms with Gasteiger partial charge >= 0.3 is 0 Å². The highest BCUT2D eigenvalue weighted by molar-refractivity contribution is 14.1.